The molecule has 0 bridgehead atoms. The van der Waals surface area contributed by atoms with Crippen LogP contribution in [0.1, 0.15) is 36.1 Å². The van der Waals surface area contributed by atoms with Crippen LogP contribution in [0.25, 0.3) is 5.65 Å². The first-order valence-corrected chi connectivity index (χ1v) is 7.49. The minimum atomic E-state index is -0.122. The van der Waals surface area contributed by atoms with Gasteiger partial charge in [-0.05, 0) is 38.1 Å². The maximum atomic E-state index is 11.7. The Hall–Kier alpha value is -2.96. The minimum absolute atomic E-state index is 0.0739. The summed E-state index contributed by atoms with van der Waals surface area (Å²) in [5.41, 5.74) is 1.34. The molecule has 0 aliphatic heterocycles. The molecule has 1 amide bonds. The van der Waals surface area contributed by atoms with Crippen LogP contribution in [-0.4, -0.2) is 32.0 Å². The van der Waals surface area contributed by atoms with Crippen LogP contribution in [0.5, 0.6) is 0 Å². The third-order valence-electron chi connectivity index (χ3n) is 3.45. The number of pyridine rings is 2. The molecule has 23 heavy (non-hydrogen) atoms. The van der Waals surface area contributed by atoms with Crippen molar-refractivity contribution < 1.29 is 4.79 Å². The van der Waals surface area contributed by atoms with E-state index in [9.17, 15) is 4.79 Å². The van der Waals surface area contributed by atoms with Gasteiger partial charge in [0, 0.05) is 18.9 Å². The molecule has 0 aromatic carbocycles. The van der Waals surface area contributed by atoms with Crippen LogP contribution >= 0.6 is 0 Å². The number of nitrogens with one attached hydrogen (secondary N) is 2. The molecule has 0 spiro atoms. The quantitative estimate of drug-likeness (QED) is 0.753. The number of carbonyl (C=O) groups excluding carboxylic acids is 1. The van der Waals surface area contributed by atoms with Gasteiger partial charge in [-0.25, -0.2) is 4.98 Å². The summed E-state index contributed by atoms with van der Waals surface area (Å²) in [6.07, 6.45) is 3.48. The fraction of sp³-hybridized carbons (Fsp3) is 0.250. The van der Waals surface area contributed by atoms with Crippen molar-refractivity contribution in [3.8, 4) is 0 Å². The van der Waals surface area contributed by atoms with E-state index in [4.69, 9.17) is 0 Å². The predicted molar refractivity (Wildman–Crippen MR) is 87.3 cm³/mol. The highest BCUT2D eigenvalue weighted by atomic mass is 16.1. The van der Waals surface area contributed by atoms with Crippen molar-refractivity contribution >= 4 is 17.4 Å². The van der Waals surface area contributed by atoms with E-state index < -0.39 is 0 Å². The number of hydrogen-bond acceptors (Lipinski definition) is 5. The van der Waals surface area contributed by atoms with E-state index in [0.717, 1.165) is 11.5 Å². The van der Waals surface area contributed by atoms with Crippen molar-refractivity contribution in [1.82, 2.24) is 24.9 Å². The molecule has 3 heterocycles. The minimum Gasteiger partial charge on any atom is -0.360 e. The zero-order valence-electron chi connectivity index (χ0n) is 13.0. The van der Waals surface area contributed by atoms with E-state index in [-0.39, 0.29) is 11.9 Å². The van der Waals surface area contributed by atoms with E-state index in [1.165, 1.54) is 0 Å². The third kappa shape index (κ3) is 3.13. The van der Waals surface area contributed by atoms with Gasteiger partial charge in [0.25, 0.3) is 5.91 Å². The molecule has 0 aliphatic rings. The van der Waals surface area contributed by atoms with Crippen LogP contribution in [0.3, 0.4) is 0 Å². The molecule has 7 nitrogen and oxygen atoms in total. The van der Waals surface area contributed by atoms with Crippen molar-refractivity contribution in [2.24, 2.45) is 0 Å². The van der Waals surface area contributed by atoms with E-state index in [1.807, 2.05) is 42.6 Å². The van der Waals surface area contributed by atoms with E-state index >= 15 is 0 Å². The molecule has 3 aromatic heterocycles. The highest BCUT2D eigenvalue weighted by Crippen LogP contribution is 2.17. The Kier molecular flexibility index (Phi) is 4.18. The molecule has 3 rings (SSSR count). The Morgan fingerprint density at radius 1 is 1.26 bits per heavy atom. The lowest BCUT2D eigenvalue weighted by Crippen LogP contribution is -2.22. The lowest BCUT2D eigenvalue weighted by Gasteiger charge is -2.13. The number of fused-ring (bicyclic) bond motifs is 1. The topological polar surface area (TPSA) is 84.2 Å². The molecule has 118 valence electrons. The molecule has 0 fully saturated rings. The Bertz CT molecular complexity index is 811. The molecule has 1 unspecified atom stereocenters. The van der Waals surface area contributed by atoms with E-state index in [1.54, 1.807) is 18.3 Å². The van der Waals surface area contributed by atoms with Gasteiger partial charge in [0.05, 0.1) is 11.6 Å². The van der Waals surface area contributed by atoms with Gasteiger partial charge in [0.1, 0.15) is 5.82 Å². The van der Waals surface area contributed by atoms with Gasteiger partial charge in [0.2, 0.25) is 0 Å². The zero-order valence-corrected chi connectivity index (χ0v) is 13.0. The monoisotopic (exact) mass is 310 g/mol. The highest BCUT2D eigenvalue weighted by Gasteiger charge is 2.13. The standard InChI is InChI=1S/C16H18N6O/c1-3-17-16(23)12-7-8-13(18-10-12)19-11(2)15-21-20-14-6-4-5-9-22(14)15/h4-11H,3H2,1-2H3,(H,17,23)(H,18,19). The first-order valence-electron chi connectivity index (χ1n) is 7.49. The summed E-state index contributed by atoms with van der Waals surface area (Å²) in [4.78, 5) is 16.0. The molecular formula is C16H18N6O. The van der Waals surface area contributed by atoms with Crippen molar-refractivity contribution in [2.45, 2.75) is 19.9 Å². The summed E-state index contributed by atoms with van der Waals surface area (Å²) in [6, 6.07) is 9.22. The summed E-state index contributed by atoms with van der Waals surface area (Å²) in [5.74, 6) is 1.36. The van der Waals surface area contributed by atoms with Gasteiger partial charge < -0.3 is 10.6 Å². The molecule has 0 saturated heterocycles. The lowest BCUT2D eigenvalue weighted by atomic mass is 10.2. The van der Waals surface area contributed by atoms with Crippen LogP contribution < -0.4 is 10.6 Å². The molecule has 0 saturated carbocycles. The average Bonchev–Trinajstić information content (AvgIpc) is 3.00. The maximum absolute atomic E-state index is 11.7. The Morgan fingerprint density at radius 3 is 2.87 bits per heavy atom. The van der Waals surface area contributed by atoms with Gasteiger partial charge in [-0.15, -0.1) is 10.2 Å². The first-order chi connectivity index (χ1) is 11.2. The molecular weight excluding hydrogens is 292 g/mol. The lowest BCUT2D eigenvalue weighted by molar-refractivity contribution is 0.0955. The number of rotatable bonds is 5. The summed E-state index contributed by atoms with van der Waals surface area (Å²) in [7, 11) is 0. The summed E-state index contributed by atoms with van der Waals surface area (Å²) >= 11 is 0. The Morgan fingerprint density at radius 2 is 2.13 bits per heavy atom. The largest absolute Gasteiger partial charge is 0.360 e. The number of anilines is 1. The van der Waals surface area contributed by atoms with Gasteiger partial charge in [-0.3, -0.25) is 9.20 Å². The smallest absolute Gasteiger partial charge is 0.252 e. The zero-order chi connectivity index (χ0) is 16.2. The third-order valence-corrected chi connectivity index (χ3v) is 3.45. The van der Waals surface area contributed by atoms with Gasteiger partial charge in [0.15, 0.2) is 11.5 Å². The number of aromatic nitrogens is 4. The fourth-order valence-corrected chi connectivity index (χ4v) is 2.32. The predicted octanol–water partition coefficient (Wildman–Crippen LogP) is 2.05. The van der Waals surface area contributed by atoms with Gasteiger partial charge in [-0.1, -0.05) is 6.07 Å². The van der Waals surface area contributed by atoms with Crippen LogP contribution in [0.2, 0.25) is 0 Å². The second kappa shape index (κ2) is 6.43. The number of amides is 1. The van der Waals surface area contributed by atoms with Crippen LogP contribution in [0.15, 0.2) is 42.7 Å². The normalized spacial score (nSPS) is 12.1. The Labute approximate surface area is 133 Å². The summed E-state index contributed by atoms with van der Waals surface area (Å²) in [6.45, 7) is 4.46. The molecule has 3 aromatic rings. The Balaban J connectivity index is 1.75. The second-order valence-electron chi connectivity index (χ2n) is 5.14. The van der Waals surface area contributed by atoms with E-state index in [0.29, 0.717) is 17.9 Å². The van der Waals surface area contributed by atoms with Crippen LogP contribution in [0.4, 0.5) is 5.82 Å². The first kappa shape index (κ1) is 15.0. The van der Waals surface area contributed by atoms with Crippen LogP contribution in [0, 0.1) is 0 Å². The van der Waals surface area contributed by atoms with E-state index in [2.05, 4.69) is 25.8 Å². The number of carbonyl (C=O) groups is 1. The average molecular weight is 310 g/mol. The van der Waals surface area contributed by atoms with Crippen molar-refractivity contribution in [2.75, 3.05) is 11.9 Å². The van der Waals surface area contributed by atoms with Gasteiger partial charge >= 0.3 is 0 Å². The van der Waals surface area contributed by atoms with Crippen molar-refractivity contribution in [3.63, 3.8) is 0 Å². The molecule has 7 heteroatoms. The van der Waals surface area contributed by atoms with Crippen molar-refractivity contribution in [3.05, 3.63) is 54.1 Å². The number of nitrogens with zero attached hydrogens (tertiary/aromatic N) is 4. The fourth-order valence-electron chi connectivity index (χ4n) is 2.32. The summed E-state index contributed by atoms with van der Waals surface area (Å²) < 4.78 is 1.93. The van der Waals surface area contributed by atoms with Gasteiger partial charge in [-0.2, -0.15) is 0 Å². The second-order valence-corrected chi connectivity index (χ2v) is 5.14. The molecule has 1 atom stereocenters. The van der Waals surface area contributed by atoms with Crippen molar-refractivity contribution in [1.29, 1.82) is 0 Å². The molecule has 0 radical (unpaired) electrons. The number of hydrogen-bond donors (Lipinski definition) is 2. The SMILES string of the molecule is CCNC(=O)c1ccc(NC(C)c2nnc3ccccn23)nc1. The summed E-state index contributed by atoms with van der Waals surface area (Å²) in [5, 5.41) is 14.4. The van der Waals surface area contributed by atoms with Crippen LogP contribution in [-0.2, 0) is 0 Å². The highest BCUT2D eigenvalue weighted by molar-refractivity contribution is 5.93. The maximum Gasteiger partial charge on any atom is 0.252 e. The molecule has 2 N–H and O–H groups in total. The molecule has 0 aliphatic carbocycles.